The topological polar surface area (TPSA) is 0 Å². The van der Waals surface area contributed by atoms with E-state index < -0.39 is 12.1 Å². The van der Waals surface area contributed by atoms with Crippen molar-refractivity contribution in [2.75, 3.05) is 0 Å². The van der Waals surface area contributed by atoms with Gasteiger partial charge in [-0.05, 0) is 150 Å². The molecule has 0 saturated heterocycles. The first-order chi connectivity index (χ1) is 19.3. The summed E-state index contributed by atoms with van der Waals surface area (Å²) in [6.07, 6.45) is 3.48. The molecule has 10 bridgehead atoms. The summed E-state index contributed by atoms with van der Waals surface area (Å²) in [5.41, 5.74) is 0. The molecule has 0 aromatic carbocycles. The van der Waals surface area contributed by atoms with E-state index in [4.69, 9.17) is 0 Å². The molecule has 3 heteroatoms. The quantitative estimate of drug-likeness (QED) is 0.270. The number of halogens is 3. The third-order valence-corrected chi connectivity index (χ3v) is 17.2. The highest BCUT2D eigenvalue weighted by Gasteiger charge is 2.76. The van der Waals surface area contributed by atoms with Gasteiger partial charge < -0.3 is 0 Å². The summed E-state index contributed by atoms with van der Waals surface area (Å²) in [7, 11) is 0. The van der Waals surface area contributed by atoms with Gasteiger partial charge in [0.1, 0.15) is 0 Å². The molecule has 41 heavy (non-hydrogen) atoms. The zero-order valence-electron chi connectivity index (χ0n) is 27.6. The molecule has 0 radical (unpaired) electrons. The van der Waals surface area contributed by atoms with E-state index in [9.17, 15) is 0 Å². The predicted molar refractivity (Wildman–Crippen MR) is 162 cm³/mol. The maximum absolute atomic E-state index is 15.4. The number of alkyl halides is 3. The Balaban J connectivity index is 1.46. The molecule has 9 rings (SSSR count). The second-order valence-corrected chi connectivity index (χ2v) is 18.1. The van der Waals surface area contributed by atoms with Crippen molar-refractivity contribution in [1.29, 1.82) is 0 Å². The van der Waals surface area contributed by atoms with Crippen LogP contribution in [0.15, 0.2) is 0 Å². The molecule has 20 unspecified atom stereocenters. The lowest BCUT2D eigenvalue weighted by Gasteiger charge is -2.55. The SMILES string of the molecule is CC1CC(C)C2CCCCC3C4CC(C)C5C(C2C)C2C6C3C(C(C)C6[C@H]2C5C)C4[C@H](C)C(C(F)(F)F)C(C)C1C. The van der Waals surface area contributed by atoms with Gasteiger partial charge in [0.25, 0.3) is 0 Å². The Morgan fingerprint density at radius 3 is 1.56 bits per heavy atom. The lowest BCUT2D eigenvalue weighted by atomic mass is 9.50. The number of rotatable bonds is 0. The summed E-state index contributed by atoms with van der Waals surface area (Å²) >= 11 is 0. The summed E-state index contributed by atoms with van der Waals surface area (Å²) in [5.74, 6) is 10.4. The van der Waals surface area contributed by atoms with Crippen LogP contribution in [-0.4, -0.2) is 6.18 Å². The highest BCUT2D eigenvalue weighted by molar-refractivity contribution is 5.23. The third-order valence-electron chi connectivity index (χ3n) is 17.2. The smallest absolute Gasteiger partial charge is 0.171 e. The van der Waals surface area contributed by atoms with Gasteiger partial charge in [-0.2, -0.15) is 13.2 Å². The van der Waals surface area contributed by atoms with Crippen LogP contribution in [0.5, 0.6) is 0 Å². The highest BCUT2D eigenvalue weighted by atomic mass is 19.4. The van der Waals surface area contributed by atoms with Crippen molar-refractivity contribution in [2.24, 2.45) is 130 Å². The van der Waals surface area contributed by atoms with Crippen LogP contribution in [0.1, 0.15) is 101 Å². The summed E-state index contributed by atoms with van der Waals surface area (Å²) in [5, 5.41) is 0. The standard InChI is InChI=1S/C38H61F3/c1-16-14-17(2)25-12-10-11-13-26-27-15-18(3)28-22(7)32-33-23(8)31(34(26)36(33)35(32)30(28)21(25)6)29(27)24(9)37(38(39,40)41)20(5)19(16)4/h16-37H,10-15H2,1-9H3/t16?,17?,18?,19?,20?,21?,22?,23?,24-,25?,26?,27?,28?,29?,30?,31?,32+,33?,34?,35?,36?,37?/m0/s1. The first kappa shape index (κ1) is 29.5. The van der Waals surface area contributed by atoms with Crippen molar-refractivity contribution < 1.29 is 13.2 Å². The van der Waals surface area contributed by atoms with Crippen LogP contribution in [0, 0.1) is 130 Å². The van der Waals surface area contributed by atoms with Crippen LogP contribution in [0.25, 0.3) is 0 Å². The molecule has 0 aliphatic heterocycles. The maximum Gasteiger partial charge on any atom is 0.392 e. The van der Waals surface area contributed by atoms with E-state index in [0.717, 1.165) is 59.7 Å². The molecule has 0 nitrogen and oxygen atoms in total. The van der Waals surface area contributed by atoms with E-state index in [1.165, 1.54) is 32.1 Å². The van der Waals surface area contributed by atoms with Gasteiger partial charge in [-0.15, -0.1) is 0 Å². The average Bonchev–Trinajstić information content (AvgIpc) is 3.38. The van der Waals surface area contributed by atoms with Crippen LogP contribution in [0.2, 0.25) is 0 Å². The largest absolute Gasteiger partial charge is 0.392 e. The molecule has 234 valence electrons. The van der Waals surface area contributed by atoms with Crippen LogP contribution in [-0.2, 0) is 0 Å². The Morgan fingerprint density at radius 2 is 0.927 bits per heavy atom. The molecule has 9 fully saturated rings. The van der Waals surface area contributed by atoms with Gasteiger partial charge in [0, 0.05) is 0 Å². The first-order valence-corrected chi connectivity index (χ1v) is 18.3. The monoisotopic (exact) mass is 574 g/mol. The Hall–Kier alpha value is -0.210. The van der Waals surface area contributed by atoms with Gasteiger partial charge in [0.2, 0.25) is 0 Å². The van der Waals surface area contributed by atoms with Crippen molar-refractivity contribution in [3.8, 4) is 0 Å². The molecule has 9 aliphatic rings. The second kappa shape index (κ2) is 9.89. The van der Waals surface area contributed by atoms with Crippen molar-refractivity contribution in [3.63, 3.8) is 0 Å². The summed E-state index contributed by atoms with van der Waals surface area (Å²) < 4.78 is 46.2. The van der Waals surface area contributed by atoms with Crippen molar-refractivity contribution in [1.82, 2.24) is 0 Å². The Morgan fingerprint density at radius 1 is 0.390 bits per heavy atom. The molecule has 0 spiro atoms. The van der Waals surface area contributed by atoms with Crippen LogP contribution in [0.4, 0.5) is 13.2 Å². The molecule has 9 saturated carbocycles. The maximum atomic E-state index is 15.4. The van der Waals surface area contributed by atoms with Gasteiger partial charge in [-0.25, -0.2) is 0 Å². The molecule has 0 aromatic rings. The molecule has 22 atom stereocenters. The first-order valence-electron chi connectivity index (χ1n) is 18.3. The number of fused-ring (bicyclic) bond motifs is 5. The van der Waals surface area contributed by atoms with E-state index in [2.05, 4.69) is 55.4 Å². The summed E-state index contributed by atoms with van der Waals surface area (Å²) in [4.78, 5) is 0. The predicted octanol–water partition coefficient (Wildman–Crippen LogP) is 10.7. The van der Waals surface area contributed by atoms with E-state index in [0.29, 0.717) is 47.3 Å². The Labute approximate surface area is 250 Å². The fourth-order valence-corrected chi connectivity index (χ4v) is 16.0. The molecular formula is C38H61F3. The minimum atomic E-state index is -4.12. The fourth-order valence-electron chi connectivity index (χ4n) is 16.0. The van der Waals surface area contributed by atoms with Gasteiger partial charge in [0.05, 0.1) is 5.92 Å². The minimum absolute atomic E-state index is 0.0963. The van der Waals surface area contributed by atoms with Gasteiger partial charge in [-0.1, -0.05) is 75.2 Å². The van der Waals surface area contributed by atoms with Crippen LogP contribution in [0.3, 0.4) is 0 Å². The normalized spacial score (nSPS) is 63.5. The zero-order valence-corrected chi connectivity index (χ0v) is 27.6. The highest BCUT2D eigenvalue weighted by Crippen LogP contribution is 2.80. The van der Waals surface area contributed by atoms with Crippen molar-refractivity contribution in [2.45, 2.75) is 107 Å². The fraction of sp³-hybridized carbons (Fsp3) is 1.00. The molecule has 0 heterocycles. The van der Waals surface area contributed by atoms with Crippen molar-refractivity contribution >= 4 is 0 Å². The summed E-state index contributed by atoms with van der Waals surface area (Å²) in [6, 6.07) is 0. The Bertz CT molecular complexity index is 986. The summed E-state index contributed by atoms with van der Waals surface area (Å²) in [6.45, 7) is 21.5. The molecule has 0 N–H and O–H groups in total. The van der Waals surface area contributed by atoms with Gasteiger partial charge >= 0.3 is 6.18 Å². The van der Waals surface area contributed by atoms with Gasteiger partial charge in [-0.3, -0.25) is 0 Å². The van der Waals surface area contributed by atoms with E-state index in [1.54, 1.807) is 0 Å². The lowest BCUT2D eigenvalue weighted by molar-refractivity contribution is -0.216. The molecular weight excluding hydrogens is 513 g/mol. The number of hydrogen-bond acceptors (Lipinski definition) is 0. The molecule has 0 aromatic heterocycles. The van der Waals surface area contributed by atoms with E-state index in [1.807, 2.05) is 6.92 Å². The van der Waals surface area contributed by atoms with E-state index in [-0.39, 0.29) is 23.7 Å². The third kappa shape index (κ3) is 3.89. The van der Waals surface area contributed by atoms with Crippen LogP contribution < -0.4 is 0 Å². The van der Waals surface area contributed by atoms with Crippen molar-refractivity contribution in [3.05, 3.63) is 0 Å². The molecule has 0 amide bonds. The minimum Gasteiger partial charge on any atom is -0.171 e. The number of hydrogen-bond donors (Lipinski definition) is 0. The molecule has 9 aliphatic carbocycles. The lowest BCUT2D eigenvalue weighted by Crippen LogP contribution is -2.51. The van der Waals surface area contributed by atoms with E-state index >= 15 is 13.2 Å². The van der Waals surface area contributed by atoms with Gasteiger partial charge in [0.15, 0.2) is 0 Å². The Kier molecular flexibility index (Phi) is 7.12. The average molecular weight is 575 g/mol. The second-order valence-electron chi connectivity index (χ2n) is 18.1. The zero-order chi connectivity index (χ0) is 29.4. The van der Waals surface area contributed by atoms with Crippen LogP contribution >= 0.6 is 0 Å².